The van der Waals surface area contributed by atoms with Crippen LogP contribution in [0.2, 0.25) is 0 Å². The van der Waals surface area contributed by atoms with Crippen LogP contribution in [-0.2, 0) is 11.2 Å². The van der Waals surface area contributed by atoms with Crippen LogP contribution in [-0.4, -0.2) is 55.3 Å². The number of methoxy groups -OCH3 is 1. The maximum Gasteiger partial charge on any atom is 0.259 e. The van der Waals surface area contributed by atoms with E-state index in [9.17, 15) is 4.79 Å². The Kier molecular flexibility index (Phi) is 6.07. The van der Waals surface area contributed by atoms with E-state index in [4.69, 9.17) is 14.2 Å². The van der Waals surface area contributed by atoms with Gasteiger partial charge >= 0.3 is 0 Å². The maximum absolute atomic E-state index is 12.9. The van der Waals surface area contributed by atoms with Gasteiger partial charge in [0.2, 0.25) is 5.88 Å². The Morgan fingerprint density at radius 1 is 1.31 bits per heavy atom. The SMILES string of the molecule is CCOc1ncccc1C(=O)N1CCO[C@H](Cc2ccc(OC)cc2)C1. The van der Waals surface area contributed by atoms with Crippen molar-refractivity contribution in [1.29, 1.82) is 0 Å². The second kappa shape index (κ2) is 8.67. The van der Waals surface area contributed by atoms with Crippen molar-refractivity contribution in [2.75, 3.05) is 33.4 Å². The fraction of sp³-hybridized carbons (Fsp3) is 0.400. The summed E-state index contributed by atoms with van der Waals surface area (Å²) in [5.41, 5.74) is 1.65. The number of carbonyl (C=O) groups is 1. The number of hydrogen-bond acceptors (Lipinski definition) is 5. The topological polar surface area (TPSA) is 60.9 Å². The first-order valence-electron chi connectivity index (χ1n) is 8.83. The summed E-state index contributed by atoms with van der Waals surface area (Å²) < 4.78 is 16.5. The second-order valence-corrected chi connectivity index (χ2v) is 6.09. The molecule has 0 spiro atoms. The van der Waals surface area contributed by atoms with Crippen LogP contribution >= 0.6 is 0 Å². The van der Waals surface area contributed by atoms with Crippen molar-refractivity contribution in [2.45, 2.75) is 19.4 Å². The Morgan fingerprint density at radius 2 is 2.12 bits per heavy atom. The summed E-state index contributed by atoms with van der Waals surface area (Å²) >= 11 is 0. The molecule has 0 N–H and O–H groups in total. The van der Waals surface area contributed by atoms with Crippen LogP contribution in [0.15, 0.2) is 42.6 Å². The molecule has 0 bridgehead atoms. The van der Waals surface area contributed by atoms with Gasteiger partial charge in [0, 0.05) is 25.7 Å². The Labute approximate surface area is 153 Å². The Bertz CT molecular complexity index is 733. The van der Waals surface area contributed by atoms with Crippen molar-refractivity contribution >= 4 is 5.91 Å². The van der Waals surface area contributed by atoms with E-state index >= 15 is 0 Å². The minimum Gasteiger partial charge on any atom is -0.497 e. The monoisotopic (exact) mass is 356 g/mol. The van der Waals surface area contributed by atoms with Gasteiger partial charge < -0.3 is 19.1 Å². The average Bonchev–Trinajstić information content (AvgIpc) is 2.69. The molecule has 26 heavy (non-hydrogen) atoms. The molecule has 1 saturated heterocycles. The van der Waals surface area contributed by atoms with Crippen molar-refractivity contribution in [3.8, 4) is 11.6 Å². The van der Waals surface area contributed by atoms with E-state index < -0.39 is 0 Å². The molecule has 6 nitrogen and oxygen atoms in total. The molecule has 1 amide bonds. The average molecular weight is 356 g/mol. The van der Waals surface area contributed by atoms with E-state index in [1.54, 1.807) is 25.4 Å². The first kappa shape index (κ1) is 18.2. The number of aromatic nitrogens is 1. The van der Waals surface area contributed by atoms with E-state index in [0.29, 0.717) is 37.7 Å². The molecule has 0 unspecified atom stereocenters. The fourth-order valence-corrected chi connectivity index (χ4v) is 3.03. The quantitative estimate of drug-likeness (QED) is 0.796. The number of carbonyl (C=O) groups excluding carboxylic acids is 1. The van der Waals surface area contributed by atoms with Crippen molar-refractivity contribution in [1.82, 2.24) is 9.88 Å². The van der Waals surface area contributed by atoms with E-state index in [0.717, 1.165) is 17.7 Å². The van der Waals surface area contributed by atoms with Crippen LogP contribution in [0.3, 0.4) is 0 Å². The lowest BCUT2D eigenvalue weighted by Crippen LogP contribution is -2.46. The molecular formula is C20H24N2O4. The van der Waals surface area contributed by atoms with Gasteiger partial charge in [-0.15, -0.1) is 0 Å². The molecule has 0 saturated carbocycles. The number of benzene rings is 1. The molecule has 0 radical (unpaired) electrons. The minimum atomic E-state index is -0.0652. The largest absolute Gasteiger partial charge is 0.497 e. The zero-order valence-electron chi connectivity index (χ0n) is 15.2. The maximum atomic E-state index is 12.9. The van der Waals surface area contributed by atoms with Gasteiger partial charge in [-0.1, -0.05) is 12.1 Å². The summed E-state index contributed by atoms with van der Waals surface area (Å²) in [4.78, 5) is 18.9. The predicted octanol–water partition coefficient (Wildman–Crippen LogP) is 2.57. The third-order valence-corrected chi connectivity index (χ3v) is 4.33. The van der Waals surface area contributed by atoms with Gasteiger partial charge in [-0.05, 0) is 36.8 Å². The molecule has 1 aromatic heterocycles. The van der Waals surface area contributed by atoms with Crippen LogP contribution in [0.25, 0.3) is 0 Å². The number of hydrogen-bond donors (Lipinski definition) is 0. The molecule has 0 aliphatic carbocycles. The zero-order chi connectivity index (χ0) is 18.4. The summed E-state index contributed by atoms with van der Waals surface area (Å²) in [6.45, 7) is 3.99. The van der Waals surface area contributed by atoms with Gasteiger partial charge in [0.25, 0.3) is 5.91 Å². The third kappa shape index (κ3) is 4.32. The number of pyridine rings is 1. The number of morpholine rings is 1. The molecule has 2 aromatic rings. The number of nitrogens with zero attached hydrogens (tertiary/aromatic N) is 2. The normalized spacial score (nSPS) is 17.0. The molecule has 1 fully saturated rings. The van der Waals surface area contributed by atoms with Crippen LogP contribution in [0.4, 0.5) is 0 Å². The van der Waals surface area contributed by atoms with E-state index in [2.05, 4.69) is 4.98 Å². The van der Waals surface area contributed by atoms with E-state index in [1.165, 1.54) is 0 Å². The van der Waals surface area contributed by atoms with Gasteiger partial charge in [-0.3, -0.25) is 4.79 Å². The molecular weight excluding hydrogens is 332 g/mol. The van der Waals surface area contributed by atoms with Crippen LogP contribution in [0.5, 0.6) is 11.6 Å². The van der Waals surface area contributed by atoms with Gasteiger partial charge in [0.05, 0.1) is 26.4 Å². The van der Waals surface area contributed by atoms with Crippen molar-refractivity contribution < 1.29 is 19.0 Å². The van der Waals surface area contributed by atoms with Crippen molar-refractivity contribution in [2.24, 2.45) is 0 Å². The summed E-state index contributed by atoms with van der Waals surface area (Å²) in [6, 6.07) is 11.4. The summed E-state index contributed by atoms with van der Waals surface area (Å²) in [5.74, 6) is 1.15. The number of amides is 1. The molecule has 1 aromatic carbocycles. The molecule has 3 rings (SSSR count). The van der Waals surface area contributed by atoms with E-state index in [-0.39, 0.29) is 12.0 Å². The van der Waals surface area contributed by atoms with Crippen LogP contribution < -0.4 is 9.47 Å². The van der Waals surface area contributed by atoms with Crippen molar-refractivity contribution in [3.05, 3.63) is 53.7 Å². The van der Waals surface area contributed by atoms with Crippen molar-refractivity contribution in [3.63, 3.8) is 0 Å². The van der Waals surface area contributed by atoms with Crippen LogP contribution in [0, 0.1) is 0 Å². The Balaban J connectivity index is 1.67. The van der Waals surface area contributed by atoms with E-state index in [1.807, 2.05) is 36.1 Å². The highest BCUT2D eigenvalue weighted by atomic mass is 16.5. The third-order valence-electron chi connectivity index (χ3n) is 4.33. The first-order chi connectivity index (χ1) is 12.7. The number of rotatable bonds is 6. The lowest BCUT2D eigenvalue weighted by Gasteiger charge is -2.33. The van der Waals surface area contributed by atoms with Crippen LogP contribution in [0.1, 0.15) is 22.8 Å². The summed E-state index contributed by atoms with van der Waals surface area (Å²) in [6.07, 6.45) is 2.35. The molecule has 2 heterocycles. The lowest BCUT2D eigenvalue weighted by molar-refractivity contribution is -0.0209. The highest BCUT2D eigenvalue weighted by Gasteiger charge is 2.27. The summed E-state index contributed by atoms with van der Waals surface area (Å²) in [5, 5.41) is 0. The molecule has 6 heteroatoms. The lowest BCUT2D eigenvalue weighted by atomic mass is 10.1. The molecule has 1 aliphatic rings. The number of ether oxygens (including phenoxy) is 3. The first-order valence-corrected chi connectivity index (χ1v) is 8.83. The molecule has 138 valence electrons. The highest BCUT2D eigenvalue weighted by Crippen LogP contribution is 2.20. The van der Waals surface area contributed by atoms with Gasteiger partial charge in [-0.25, -0.2) is 4.98 Å². The van der Waals surface area contributed by atoms with Gasteiger partial charge in [-0.2, -0.15) is 0 Å². The zero-order valence-corrected chi connectivity index (χ0v) is 15.2. The Morgan fingerprint density at radius 3 is 2.85 bits per heavy atom. The molecule has 1 atom stereocenters. The molecule has 1 aliphatic heterocycles. The minimum absolute atomic E-state index is 0.0340. The predicted molar refractivity (Wildman–Crippen MR) is 97.7 cm³/mol. The smallest absolute Gasteiger partial charge is 0.259 e. The summed E-state index contributed by atoms with van der Waals surface area (Å²) in [7, 11) is 1.65. The second-order valence-electron chi connectivity index (χ2n) is 6.09. The van der Waals surface area contributed by atoms with Gasteiger partial charge in [0.1, 0.15) is 11.3 Å². The fourth-order valence-electron chi connectivity index (χ4n) is 3.03. The standard InChI is InChI=1S/C20H24N2O4/c1-3-25-19-18(5-4-10-21-19)20(23)22-11-12-26-17(14-22)13-15-6-8-16(24-2)9-7-15/h4-10,17H,3,11-14H2,1-2H3/t17-/m1/s1. The van der Waals surface area contributed by atoms with Gasteiger partial charge in [0.15, 0.2) is 0 Å². The highest BCUT2D eigenvalue weighted by molar-refractivity contribution is 5.96. The Hall–Kier alpha value is -2.60.